The SMILES string of the molecule is O=C(C#Cc1ccccc1)NCC1(C(=O)O)CCCCC1. The number of hydrogen-bond donors (Lipinski definition) is 2. The number of hydrogen-bond acceptors (Lipinski definition) is 2. The van der Waals surface area contributed by atoms with Crippen LogP contribution in [0.4, 0.5) is 0 Å². The first kappa shape index (κ1) is 15.1. The van der Waals surface area contributed by atoms with Crippen molar-refractivity contribution in [3.63, 3.8) is 0 Å². The number of carbonyl (C=O) groups is 2. The highest BCUT2D eigenvalue weighted by Crippen LogP contribution is 2.35. The molecular formula is C17H19NO3. The summed E-state index contributed by atoms with van der Waals surface area (Å²) in [6.07, 6.45) is 4.11. The van der Waals surface area contributed by atoms with E-state index in [1.165, 1.54) is 0 Å². The molecule has 1 amide bonds. The summed E-state index contributed by atoms with van der Waals surface area (Å²) in [7, 11) is 0. The molecule has 0 unspecified atom stereocenters. The summed E-state index contributed by atoms with van der Waals surface area (Å²) in [5.41, 5.74) is -0.0548. The van der Waals surface area contributed by atoms with Crippen LogP contribution in [0.2, 0.25) is 0 Å². The normalized spacial score (nSPS) is 16.4. The second-order valence-electron chi connectivity index (χ2n) is 5.44. The van der Waals surface area contributed by atoms with Gasteiger partial charge >= 0.3 is 5.97 Å². The fourth-order valence-corrected chi connectivity index (χ4v) is 2.64. The Labute approximate surface area is 124 Å². The van der Waals surface area contributed by atoms with Crippen molar-refractivity contribution in [2.45, 2.75) is 32.1 Å². The van der Waals surface area contributed by atoms with Crippen molar-refractivity contribution >= 4 is 11.9 Å². The van der Waals surface area contributed by atoms with Gasteiger partial charge < -0.3 is 10.4 Å². The van der Waals surface area contributed by atoms with Gasteiger partial charge in [-0.25, -0.2) is 0 Å². The average molecular weight is 285 g/mol. The molecule has 1 aromatic rings. The van der Waals surface area contributed by atoms with Gasteiger partial charge in [-0.1, -0.05) is 43.4 Å². The molecule has 21 heavy (non-hydrogen) atoms. The molecule has 0 aromatic heterocycles. The van der Waals surface area contributed by atoms with Gasteiger partial charge in [-0.3, -0.25) is 9.59 Å². The quantitative estimate of drug-likeness (QED) is 0.837. The van der Waals surface area contributed by atoms with E-state index in [2.05, 4.69) is 17.2 Å². The summed E-state index contributed by atoms with van der Waals surface area (Å²) in [4.78, 5) is 23.2. The van der Waals surface area contributed by atoms with Crippen LogP contribution in [0.3, 0.4) is 0 Å². The summed E-state index contributed by atoms with van der Waals surface area (Å²) in [6, 6.07) is 9.22. The van der Waals surface area contributed by atoms with E-state index >= 15 is 0 Å². The molecule has 2 rings (SSSR count). The fraction of sp³-hybridized carbons (Fsp3) is 0.412. The Balaban J connectivity index is 1.94. The standard InChI is InChI=1S/C17H19NO3/c19-15(10-9-14-7-3-1-4-8-14)18-13-17(16(20)21)11-5-2-6-12-17/h1,3-4,7-8H,2,5-6,11-13H2,(H,18,19)(H,20,21). The Morgan fingerprint density at radius 1 is 1.14 bits per heavy atom. The van der Waals surface area contributed by atoms with Crippen molar-refractivity contribution in [2.24, 2.45) is 5.41 Å². The molecule has 110 valence electrons. The molecule has 0 saturated heterocycles. The highest BCUT2D eigenvalue weighted by Gasteiger charge is 2.39. The minimum Gasteiger partial charge on any atom is -0.481 e. The lowest BCUT2D eigenvalue weighted by atomic mass is 9.74. The van der Waals surface area contributed by atoms with Crippen LogP contribution in [0.1, 0.15) is 37.7 Å². The first-order chi connectivity index (χ1) is 10.1. The number of carboxylic acid groups (broad SMARTS) is 1. The van der Waals surface area contributed by atoms with Crippen molar-refractivity contribution < 1.29 is 14.7 Å². The fourth-order valence-electron chi connectivity index (χ4n) is 2.64. The van der Waals surface area contributed by atoms with Gasteiger partial charge in [-0.15, -0.1) is 0 Å². The van der Waals surface area contributed by atoms with Gasteiger partial charge in [0.1, 0.15) is 0 Å². The molecule has 1 aromatic carbocycles. The Morgan fingerprint density at radius 3 is 2.43 bits per heavy atom. The molecule has 0 heterocycles. The van der Waals surface area contributed by atoms with E-state index in [0.29, 0.717) is 12.8 Å². The number of nitrogens with one attached hydrogen (secondary N) is 1. The van der Waals surface area contributed by atoms with Crippen molar-refractivity contribution in [3.05, 3.63) is 35.9 Å². The summed E-state index contributed by atoms with van der Waals surface area (Å²) in [6.45, 7) is 0.157. The van der Waals surface area contributed by atoms with Crippen LogP contribution < -0.4 is 5.32 Å². The zero-order valence-corrected chi connectivity index (χ0v) is 11.9. The smallest absolute Gasteiger partial charge is 0.311 e. The molecule has 0 atom stereocenters. The average Bonchev–Trinajstić information content (AvgIpc) is 2.52. The molecular weight excluding hydrogens is 266 g/mol. The third-order valence-electron chi connectivity index (χ3n) is 3.95. The van der Waals surface area contributed by atoms with Crippen molar-refractivity contribution in [1.82, 2.24) is 5.32 Å². The Hall–Kier alpha value is -2.28. The predicted molar refractivity (Wildman–Crippen MR) is 79.5 cm³/mol. The molecule has 0 bridgehead atoms. The summed E-state index contributed by atoms with van der Waals surface area (Å²) < 4.78 is 0. The zero-order valence-electron chi connectivity index (χ0n) is 11.9. The van der Waals surface area contributed by atoms with Crippen LogP contribution in [-0.2, 0) is 9.59 Å². The maximum Gasteiger partial charge on any atom is 0.311 e. The molecule has 2 N–H and O–H groups in total. The monoisotopic (exact) mass is 285 g/mol. The van der Waals surface area contributed by atoms with Crippen LogP contribution in [0, 0.1) is 17.3 Å². The van der Waals surface area contributed by atoms with Crippen LogP contribution in [0.5, 0.6) is 0 Å². The first-order valence-corrected chi connectivity index (χ1v) is 7.21. The number of benzene rings is 1. The van der Waals surface area contributed by atoms with Crippen molar-refractivity contribution in [3.8, 4) is 11.8 Å². The summed E-state index contributed by atoms with van der Waals surface area (Å²) in [5, 5.41) is 12.1. The highest BCUT2D eigenvalue weighted by molar-refractivity contribution is 5.94. The largest absolute Gasteiger partial charge is 0.481 e. The Morgan fingerprint density at radius 2 is 1.81 bits per heavy atom. The number of aliphatic carboxylic acids is 1. The summed E-state index contributed by atoms with van der Waals surface area (Å²) >= 11 is 0. The summed E-state index contributed by atoms with van der Waals surface area (Å²) in [5.74, 6) is 4.02. The van der Waals surface area contributed by atoms with Crippen LogP contribution in [0.25, 0.3) is 0 Å². The third kappa shape index (κ3) is 4.09. The lowest BCUT2D eigenvalue weighted by molar-refractivity contribution is -0.150. The van der Waals surface area contributed by atoms with Crippen LogP contribution in [-0.4, -0.2) is 23.5 Å². The minimum absolute atomic E-state index is 0.157. The van der Waals surface area contributed by atoms with Crippen molar-refractivity contribution in [1.29, 1.82) is 0 Å². The van der Waals surface area contributed by atoms with Crippen molar-refractivity contribution in [2.75, 3.05) is 6.54 Å². The van der Waals surface area contributed by atoms with Gasteiger partial charge in [-0.05, 0) is 25.0 Å². The molecule has 1 aliphatic rings. The zero-order chi connectivity index (χ0) is 15.1. The molecule has 4 heteroatoms. The van der Waals surface area contributed by atoms with E-state index in [-0.39, 0.29) is 6.54 Å². The first-order valence-electron chi connectivity index (χ1n) is 7.21. The molecule has 4 nitrogen and oxygen atoms in total. The molecule has 0 spiro atoms. The van der Waals surface area contributed by atoms with Crippen LogP contribution in [0.15, 0.2) is 30.3 Å². The van der Waals surface area contributed by atoms with E-state index in [1.807, 2.05) is 30.3 Å². The molecule has 1 fully saturated rings. The van der Waals surface area contributed by atoms with Gasteiger partial charge in [0.15, 0.2) is 0 Å². The predicted octanol–water partition coefficient (Wildman–Crippen LogP) is 2.19. The molecule has 0 aliphatic heterocycles. The van der Waals surface area contributed by atoms with Gasteiger partial charge in [0.05, 0.1) is 5.41 Å². The third-order valence-corrected chi connectivity index (χ3v) is 3.95. The lowest BCUT2D eigenvalue weighted by Gasteiger charge is -2.32. The topological polar surface area (TPSA) is 66.4 Å². The second-order valence-corrected chi connectivity index (χ2v) is 5.44. The van der Waals surface area contributed by atoms with Gasteiger partial charge in [0.25, 0.3) is 5.91 Å². The second kappa shape index (κ2) is 6.94. The number of carboxylic acids is 1. The van der Waals surface area contributed by atoms with E-state index in [1.54, 1.807) is 0 Å². The Kier molecular flexibility index (Phi) is 4.99. The number of rotatable bonds is 3. The lowest BCUT2D eigenvalue weighted by Crippen LogP contribution is -2.44. The van der Waals surface area contributed by atoms with E-state index < -0.39 is 17.3 Å². The van der Waals surface area contributed by atoms with Gasteiger partial charge in [0, 0.05) is 18.0 Å². The minimum atomic E-state index is -0.821. The van der Waals surface area contributed by atoms with E-state index in [9.17, 15) is 14.7 Å². The molecule has 1 aliphatic carbocycles. The number of carbonyl (C=O) groups excluding carboxylic acids is 1. The maximum absolute atomic E-state index is 11.7. The van der Waals surface area contributed by atoms with E-state index in [0.717, 1.165) is 24.8 Å². The Bertz CT molecular complexity index is 563. The van der Waals surface area contributed by atoms with Gasteiger partial charge in [-0.2, -0.15) is 0 Å². The maximum atomic E-state index is 11.7. The van der Waals surface area contributed by atoms with Crippen LogP contribution >= 0.6 is 0 Å². The highest BCUT2D eigenvalue weighted by atomic mass is 16.4. The molecule has 1 saturated carbocycles. The molecule has 0 radical (unpaired) electrons. The van der Waals surface area contributed by atoms with Gasteiger partial charge in [0.2, 0.25) is 0 Å². The number of amides is 1. The van der Waals surface area contributed by atoms with E-state index in [4.69, 9.17) is 0 Å².